The van der Waals surface area contributed by atoms with Crippen LogP contribution in [0.4, 0.5) is 13.2 Å². The minimum Gasteiger partial charge on any atom is -0.303 e. The van der Waals surface area contributed by atoms with E-state index in [1.165, 1.54) is 46.8 Å². The van der Waals surface area contributed by atoms with Crippen LogP contribution in [0.15, 0.2) is 0 Å². The fourth-order valence-corrected chi connectivity index (χ4v) is 6.94. The van der Waals surface area contributed by atoms with E-state index in [4.69, 9.17) is 0 Å². The first-order chi connectivity index (χ1) is 16.2. The van der Waals surface area contributed by atoms with E-state index in [2.05, 4.69) is 20.1 Å². The van der Waals surface area contributed by atoms with Crippen molar-refractivity contribution in [3.8, 4) is 0 Å². The van der Waals surface area contributed by atoms with Crippen LogP contribution in [0.25, 0.3) is 0 Å². The number of halogens is 3. The second-order valence-electron chi connectivity index (χ2n) is 9.74. The molecule has 0 radical (unpaired) electrons. The van der Waals surface area contributed by atoms with Gasteiger partial charge >= 0.3 is 6.18 Å². The lowest BCUT2D eigenvalue weighted by Crippen LogP contribution is -2.30. The number of carbonyl (C=O) groups is 1. The van der Waals surface area contributed by atoms with E-state index < -0.39 is 12.6 Å². The molecule has 0 saturated heterocycles. The van der Waals surface area contributed by atoms with Crippen molar-refractivity contribution in [1.29, 1.82) is 0 Å². The first-order valence-electron chi connectivity index (χ1n) is 12.3. The first-order valence-corrected chi connectivity index (χ1v) is 13.9. The summed E-state index contributed by atoms with van der Waals surface area (Å²) in [7, 11) is 0. The number of aryl methyl sites for hydroxylation is 2. The average Bonchev–Trinajstić information content (AvgIpc) is 3.32. The van der Waals surface area contributed by atoms with Crippen molar-refractivity contribution in [2.24, 2.45) is 11.8 Å². The maximum atomic E-state index is 12.5. The number of hydrogen-bond acceptors (Lipinski definition) is 7. The Hall–Kier alpha value is -1.39. The Bertz CT molecular complexity index is 925. The van der Waals surface area contributed by atoms with Gasteiger partial charge in [-0.15, -0.1) is 32.9 Å². The number of Topliss-reactive ketones (excluding diaryl/α,β-unsaturated/α-hetero) is 1. The molecule has 4 rings (SSSR count). The third kappa shape index (κ3) is 7.81. The van der Waals surface area contributed by atoms with Gasteiger partial charge < -0.3 is 4.90 Å². The molecule has 1 aliphatic heterocycles. The van der Waals surface area contributed by atoms with Gasteiger partial charge in [-0.2, -0.15) is 13.2 Å². The Kier molecular flexibility index (Phi) is 8.74. The van der Waals surface area contributed by atoms with Crippen molar-refractivity contribution in [3.63, 3.8) is 0 Å². The molecule has 0 aromatic carbocycles. The molecule has 188 valence electrons. The summed E-state index contributed by atoms with van der Waals surface area (Å²) in [6.07, 6.45) is 3.75. The Morgan fingerprint density at radius 3 is 2.47 bits per heavy atom. The number of ketones is 1. The zero-order chi connectivity index (χ0) is 24.1. The summed E-state index contributed by atoms with van der Waals surface area (Å²) in [6, 6.07) is 0. The van der Waals surface area contributed by atoms with Crippen molar-refractivity contribution in [3.05, 3.63) is 25.6 Å². The summed E-state index contributed by atoms with van der Waals surface area (Å²) in [5, 5.41) is 10.4. The van der Waals surface area contributed by atoms with Crippen molar-refractivity contribution in [2.75, 3.05) is 19.6 Å². The molecule has 5 nitrogen and oxygen atoms in total. The smallest absolute Gasteiger partial charge is 0.303 e. The van der Waals surface area contributed by atoms with Crippen LogP contribution in [0, 0.1) is 18.8 Å². The fourth-order valence-electron chi connectivity index (χ4n) is 5.10. The zero-order valence-electron chi connectivity index (χ0n) is 19.7. The number of nitrogens with zero attached hydrogens (tertiary/aromatic N) is 4. The van der Waals surface area contributed by atoms with Crippen LogP contribution in [-0.2, 0) is 30.5 Å². The maximum absolute atomic E-state index is 12.5. The van der Waals surface area contributed by atoms with Gasteiger partial charge in [0.1, 0.15) is 15.8 Å². The Morgan fingerprint density at radius 1 is 1.03 bits per heavy atom. The van der Waals surface area contributed by atoms with Crippen LogP contribution in [0.1, 0.15) is 70.5 Å². The van der Waals surface area contributed by atoms with Gasteiger partial charge in [-0.25, -0.2) is 4.98 Å². The highest BCUT2D eigenvalue weighted by Gasteiger charge is 2.28. The largest absolute Gasteiger partial charge is 0.389 e. The highest BCUT2D eigenvalue weighted by Crippen LogP contribution is 2.34. The monoisotopic (exact) mass is 514 g/mol. The molecule has 1 aliphatic carbocycles. The molecule has 0 unspecified atom stereocenters. The van der Waals surface area contributed by atoms with Gasteiger partial charge in [0.2, 0.25) is 0 Å². The van der Waals surface area contributed by atoms with Crippen molar-refractivity contribution in [2.45, 2.75) is 83.7 Å². The molecule has 34 heavy (non-hydrogen) atoms. The third-order valence-electron chi connectivity index (χ3n) is 7.02. The van der Waals surface area contributed by atoms with Gasteiger partial charge in [0, 0.05) is 43.6 Å². The minimum atomic E-state index is -4.12. The molecule has 0 N–H and O–H groups in total. The zero-order valence-corrected chi connectivity index (χ0v) is 21.3. The van der Waals surface area contributed by atoms with Crippen molar-refractivity contribution >= 4 is 28.5 Å². The molecular weight excluding hydrogens is 481 g/mol. The Labute approximate surface area is 207 Å². The summed E-state index contributed by atoms with van der Waals surface area (Å²) in [5.41, 5.74) is 1.01. The van der Waals surface area contributed by atoms with Crippen molar-refractivity contribution < 1.29 is 18.0 Å². The number of thiazole rings is 1. The van der Waals surface area contributed by atoms with E-state index in [0.29, 0.717) is 23.8 Å². The normalized spacial score (nSPS) is 21.9. The second kappa shape index (κ2) is 11.6. The van der Waals surface area contributed by atoms with E-state index in [1.807, 2.05) is 6.92 Å². The SMILES string of the molecule is Cc1nnc(CC(=O)CC2CCC(CCN3CCc4nc(CCC(F)(F)F)sc4CC3)CC2)s1. The lowest BCUT2D eigenvalue weighted by Gasteiger charge is -2.30. The minimum absolute atomic E-state index is 0.000946. The van der Waals surface area contributed by atoms with Gasteiger partial charge in [-0.3, -0.25) is 4.79 Å². The summed E-state index contributed by atoms with van der Waals surface area (Å²) in [5.74, 6) is 1.51. The van der Waals surface area contributed by atoms with Crippen LogP contribution in [0.2, 0.25) is 0 Å². The molecule has 2 aliphatic rings. The molecule has 3 heterocycles. The summed E-state index contributed by atoms with van der Waals surface area (Å²) < 4.78 is 37.5. The number of carbonyl (C=O) groups excluding carboxylic acids is 1. The summed E-state index contributed by atoms with van der Waals surface area (Å²) >= 11 is 2.98. The van der Waals surface area contributed by atoms with E-state index >= 15 is 0 Å². The first kappa shape index (κ1) is 25.7. The molecule has 0 amide bonds. The second-order valence-corrected chi connectivity index (χ2v) is 12.2. The van der Waals surface area contributed by atoms with E-state index in [0.717, 1.165) is 66.9 Å². The quantitative estimate of drug-likeness (QED) is 0.436. The molecule has 1 fully saturated rings. The molecular formula is C24H33F3N4OS2. The molecule has 2 aromatic rings. The van der Waals surface area contributed by atoms with Gasteiger partial charge in [0.15, 0.2) is 0 Å². The third-order valence-corrected chi connectivity index (χ3v) is 9.07. The molecule has 2 aromatic heterocycles. The average molecular weight is 515 g/mol. The van der Waals surface area contributed by atoms with E-state index in [-0.39, 0.29) is 12.2 Å². The standard InChI is InChI=1S/C24H33F3N4OS2/c1-16-29-30-23(33-16)15-19(32)14-18-4-2-17(3-5-18)7-11-31-12-8-20-21(9-13-31)34-22(28-20)6-10-24(25,26)27/h17-18H,2-15H2,1H3. The highest BCUT2D eigenvalue weighted by molar-refractivity contribution is 7.11. The van der Waals surface area contributed by atoms with Crippen LogP contribution in [0.5, 0.6) is 0 Å². The van der Waals surface area contributed by atoms with Crippen LogP contribution < -0.4 is 0 Å². The lowest BCUT2D eigenvalue weighted by atomic mass is 9.78. The summed E-state index contributed by atoms with van der Waals surface area (Å²) in [6.45, 7) is 4.88. The van der Waals surface area contributed by atoms with E-state index in [1.54, 1.807) is 0 Å². The number of alkyl halides is 3. The predicted octanol–water partition coefficient (Wildman–Crippen LogP) is 5.60. The predicted molar refractivity (Wildman–Crippen MR) is 128 cm³/mol. The maximum Gasteiger partial charge on any atom is 0.389 e. The Balaban J connectivity index is 1.13. The van der Waals surface area contributed by atoms with Gasteiger partial charge in [-0.1, -0.05) is 12.8 Å². The van der Waals surface area contributed by atoms with Crippen LogP contribution in [-0.4, -0.2) is 51.7 Å². The highest BCUT2D eigenvalue weighted by atomic mass is 32.1. The van der Waals surface area contributed by atoms with Gasteiger partial charge in [0.05, 0.1) is 17.1 Å². The molecule has 0 bridgehead atoms. The van der Waals surface area contributed by atoms with Gasteiger partial charge in [-0.05, 0) is 51.0 Å². The number of hydrogen-bond donors (Lipinski definition) is 0. The van der Waals surface area contributed by atoms with Gasteiger partial charge in [0.25, 0.3) is 0 Å². The van der Waals surface area contributed by atoms with Crippen molar-refractivity contribution in [1.82, 2.24) is 20.1 Å². The molecule has 0 spiro atoms. The van der Waals surface area contributed by atoms with E-state index in [9.17, 15) is 18.0 Å². The summed E-state index contributed by atoms with van der Waals surface area (Å²) in [4.78, 5) is 20.6. The molecule has 1 saturated carbocycles. The lowest BCUT2D eigenvalue weighted by molar-refractivity contribution is -0.134. The molecule has 10 heteroatoms. The number of fused-ring (bicyclic) bond motifs is 1. The molecule has 0 atom stereocenters. The van der Waals surface area contributed by atoms with Crippen LogP contribution in [0.3, 0.4) is 0 Å². The van der Waals surface area contributed by atoms with Crippen LogP contribution >= 0.6 is 22.7 Å². The number of aromatic nitrogens is 3. The number of rotatable bonds is 9. The topological polar surface area (TPSA) is 59.0 Å². The Morgan fingerprint density at radius 2 is 1.76 bits per heavy atom. The fraction of sp³-hybridized carbons (Fsp3) is 0.750.